The van der Waals surface area contributed by atoms with Gasteiger partial charge in [0.05, 0.1) is 18.2 Å². The van der Waals surface area contributed by atoms with Crippen LogP contribution in [0.25, 0.3) is 11.6 Å². The van der Waals surface area contributed by atoms with E-state index >= 15 is 0 Å². The number of aromatic nitrogens is 3. The van der Waals surface area contributed by atoms with Gasteiger partial charge in [0, 0.05) is 5.38 Å². The molecule has 0 aliphatic heterocycles. The molecule has 3 N–H and O–H groups in total. The fourth-order valence-corrected chi connectivity index (χ4v) is 1.42. The molecule has 0 aliphatic rings. The first-order valence-corrected chi connectivity index (χ1v) is 4.84. The van der Waals surface area contributed by atoms with Gasteiger partial charge in [-0.05, 0) is 0 Å². The molecule has 0 fully saturated rings. The van der Waals surface area contributed by atoms with Gasteiger partial charge in [0.2, 0.25) is 0 Å². The molecule has 0 aliphatic carbocycles. The first kappa shape index (κ1) is 9.25. The van der Waals surface area contributed by atoms with Gasteiger partial charge in [-0.1, -0.05) is 5.16 Å². The summed E-state index contributed by atoms with van der Waals surface area (Å²) >= 11 is 1.44. The summed E-state index contributed by atoms with van der Waals surface area (Å²) < 4.78 is 4.92. The van der Waals surface area contributed by atoms with Crippen LogP contribution >= 0.6 is 11.3 Å². The number of hydrogen-bond acceptors (Lipinski definition) is 7. The molecule has 0 saturated carbocycles. The van der Waals surface area contributed by atoms with Crippen molar-refractivity contribution in [2.75, 3.05) is 6.61 Å². The lowest BCUT2D eigenvalue weighted by molar-refractivity contribution is 0.260. The highest BCUT2D eigenvalue weighted by atomic mass is 32.1. The van der Waals surface area contributed by atoms with E-state index in [1.165, 1.54) is 11.3 Å². The monoisotopic (exact) mass is 212 g/mol. The van der Waals surface area contributed by atoms with Crippen molar-refractivity contribution >= 4 is 11.3 Å². The smallest absolute Gasteiger partial charge is 0.277 e. The van der Waals surface area contributed by atoms with Gasteiger partial charge < -0.3 is 15.4 Å². The second kappa shape index (κ2) is 3.82. The van der Waals surface area contributed by atoms with Crippen LogP contribution in [-0.4, -0.2) is 26.8 Å². The van der Waals surface area contributed by atoms with Gasteiger partial charge in [-0.15, -0.1) is 11.3 Å². The summed E-state index contributed by atoms with van der Waals surface area (Å²) in [4.78, 5) is 8.01. The highest BCUT2D eigenvalue weighted by molar-refractivity contribution is 7.07. The largest absolute Gasteiger partial charge is 0.394 e. The predicted octanol–water partition coefficient (Wildman–Crippen LogP) is 0.185. The van der Waals surface area contributed by atoms with Crippen molar-refractivity contribution in [2.45, 2.75) is 6.04 Å². The Hall–Kier alpha value is -1.31. The van der Waals surface area contributed by atoms with E-state index in [2.05, 4.69) is 15.1 Å². The van der Waals surface area contributed by atoms with Crippen LogP contribution in [0, 0.1) is 0 Å². The zero-order chi connectivity index (χ0) is 9.97. The standard InChI is InChI=1S/C7H8N4O2S/c8-4(1-12)6-10-7(13-11-6)5-2-14-3-9-5/h2-4,12H,1,8H2. The maximum atomic E-state index is 8.77. The molecule has 14 heavy (non-hydrogen) atoms. The lowest BCUT2D eigenvalue weighted by Gasteiger charge is -1.98. The van der Waals surface area contributed by atoms with E-state index in [-0.39, 0.29) is 12.4 Å². The molecule has 0 radical (unpaired) electrons. The van der Waals surface area contributed by atoms with E-state index in [1.807, 2.05) is 0 Å². The Morgan fingerprint density at radius 1 is 1.64 bits per heavy atom. The van der Waals surface area contributed by atoms with Gasteiger partial charge >= 0.3 is 0 Å². The maximum Gasteiger partial charge on any atom is 0.277 e. The number of nitrogens with zero attached hydrogens (tertiary/aromatic N) is 3. The fraction of sp³-hybridized carbons (Fsp3) is 0.286. The predicted molar refractivity (Wildman–Crippen MR) is 49.4 cm³/mol. The molecule has 0 saturated heterocycles. The first-order valence-electron chi connectivity index (χ1n) is 3.90. The fourth-order valence-electron chi connectivity index (χ4n) is 0.889. The van der Waals surface area contributed by atoms with Crippen molar-refractivity contribution in [1.82, 2.24) is 15.1 Å². The SMILES string of the molecule is NC(CO)c1noc(-c2cscn2)n1. The summed E-state index contributed by atoms with van der Waals surface area (Å²) in [6.07, 6.45) is 0. The summed E-state index contributed by atoms with van der Waals surface area (Å²) in [5.41, 5.74) is 7.80. The highest BCUT2D eigenvalue weighted by Crippen LogP contribution is 2.17. The van der Waals surface area contributed by atoms with Crippen LogP contribution in [0.15, 0.2) is 15.4 Å². The molecule has 0 amide bonds. The van der Waals surface area contributed by atoms with Gasteiger partial charge in [-0.2, -0.15) is 4.98 Å². The third kappa shape index (κ3) is 1.65. The van der Waals surface area contributed by atoms with Crippen LogP contribution in [0.3, 0.4) is 0 Å². The zero-order valence-electron chi connectivity index (χ0n) is 7.12. The minimum atomic E-state index is -0.605. The molecule has 1 unspecified atom stereocenters. The highest BCUT2D eigenvalue weighted by Gasteiger charge is 2.15. The van der Waals surface area contributed by atoms with Gasteiger partial charge in [-0.3, -0.25) is 0 Å². The molecule has 2 heterocycles. The van der Waals surface area contributed by atoms with E-state index in [1.54, 1.807) is 10.9 Å². The number of thiazole rings is 1. The average molecular weight is 212 g/mol. The van der Waals surface area contributed by atoms with Crippen LogP contribution in [0.4, 0.5) is 0 Å². The van der Waals surface area contributed by atoms with E-state index in [0.29, 0.717) is 11.6 Å². The minimum absolute atomic E-state index is 0.212. The number of rotatable bonds is 3. The number of nitrogens with two attached hydrogens (primary N) is 1. The van der Waals surface area contributed by atoms with E-state index in [4.69, 9.17) is 15.4 Å². The van der Waals surface area contributed by atoms with E-state index < -0.39 is 6.04 Å². The molecule has 7 heteroatoms. The minimum Gasteiger partial charge on any atom is -0.394 e. The zero-order valence-corrected chi connectivity index (χ0v) is 7.94. The first-order chi connectivity index (χ1) is 6.81. The van der Waals surface area contributed by atoms with E-state index in [9.17, 15) is 0 Å². The second-order valence-corrected chi connectivity index (χ2v) is 3.34. The lowest BCUT2D eigenvalue weighted by atomic mass is 10.3. The average Bonchev–Trinajstić information content (AvgIpc) is 2.86. The Morgan fingerprint density at radius 3 is 3.14 bits per heavy atom. The quantitative estimate of drug-likeness (QED) is 0.753. The third-order valence-electron chi connectivity index (χ3n) is 1.62. The summed E-state index contributed by atoms with van der Waals surface area (Å²) in [7, 11) is 0. The van der Waals surface area contributed by atoms with Crippen LogP contribution in [0.5, 0.6) is 0 Å². The van der Waals surface area contributed by atoms with E-state index in [0.717, 1.165) is 0 Å². The molecule has 1 atom stereocenters. The van der Waals surface area contributed by atoms with Crippen molar-refractivity contribution in [3.8, 4) is 11.6 Å². The summed E-state index contributed by atoms with van der Waals surface area (Å²) in [6.45, 7) is -0.212. The van der Waals surface area contributed by atoms with Crippen molar-refractivity contribution in [3.63, 3.8) is 0 Å². The topological polar surface area (TPSA) is 98.1 Å². The molecule has 0 aromatic carbocycles. The normalized spacial score (nSPS) is 13.0. The van der Waals surface area contributed by atoms with Crippen LogP contribution in [0.2, 0.25) is 0 Å². The van der Waals surface area contributed by atoms with Gasteiger partial charge in [0.15, 0.2) is 5.82 Å². The number of aliphatic hydroxyl groups is 1. The molecule has 0 spiro atoms. The van der Waals surface area contributed by atoms with Crippen molar-refractivity contribution in [2.24, 2.45) is 5.73 Å². The number of hydrogen-bond donors (Lipinski definition) is 2. The van der Waals surface area contributed by atoms with Gasteiger partial charge in [-0.25, -0.2) is 4.98 Å². The van der Waals surface area contributed by atoms with Crippen LogP contribution < -0.4 is 5.73 Å². The lowest BCUT2D eigenvalue weighted by Crippen LogP contribution is -2.15. The van der Waals surface area contributed by atoms with Gasteiger partial charge in [0.1, 0.15) is 5.69 Å². The second-order valence-electron chi connectivity index (χ2n) is 2.62. The Bertz CT molecular complexity index is 399. The van der Waals surface area contributed by atoms with Crippen molar-refractivity contribution in [3.05, 3.63) is 16.7 Å². The molecule has 0 bridgehead atoms. The Morgan fingerprint density at radius 2 is 2.50 bits per heavy atom. The molecule has 2 rings (SSSR count). The van der Waals surface area contributed by atoms with Crippen molar-refractivity contribution in [1.29, 1.82) is 0 Å². The van der Waals surface area contributed by atoms with Crippen LogP contribution in [0.1, 0.15) is 11.9 Å². The summed E-state index contributed by atoms with van der Waals surface area (Å²) in [6, 6.07) is -0.605. The van der Waals surface area contributed by atoms with Gasteiger partial charge in [0.25, 0.3) is 5.89 Å². The maximum absolute atomic E-state index is 8.77. The molecule has 6 nitrogen and oxygen atoms in total. The molecule has 74 valence electrons. The summed E-state index contributed by atoms with van der Waals surface area (Å²) in [5, 5.41) is 14.2. The Balaban J connectivity index is 2.26. The summed E-state index contributed by atoms with van der Waals surface area (Å²) in [5.74, 6) is 0.612. The molecular formula is C7H8N4O2S. The molecular weight excluding hydrogens is 204 g/mol. The third-order valence-corrected chi connectivity index (χ3v) is 2.21. The Kier molecular flexibility index (Phi) is 2.53. The van der Waals surface area contributed by atoms with Crippen molar-refractivity contribution < 1.29 is 9.63 Å². The van der Waals surface area contributed by atoms with Crippen LogP contribution in [-0.2, 0) is 0 Å². The number of aliphatic hydroxyl groups excluding tert-OH is 1. The molecule has 2 aromatic heterocycles. The molecule has 2 aromatic rings. The Labute approximate surface area is 83.4 Å².